The Hall–Kier alpha value is -3.12. The summed E-state index contributed by atoms with van der Waals surface area (Å²) in [7, 11) is -2.62. The first kappa shape index (κ1) is 28.0. The van der Waals surface area contributed by atoms with Crippen LogP contribution in [0.5, 0.6) is 17.2 Å². The summed E-state index contributed by atoms with van der Waals surface area (Å²) < 4.78 is 25.9. The standard InChI is InChI=1S/C35H42O5S/c1-4-37-28-20-31(38-5-2)33(32(21-28)39-6-3)41(29-13-9-7-10-14-29,30-15-11-8-12-16-30)40-34(36)35-22-25-17-26(23-35)19-27(18-25)24-35/h7-16,20-21,25-27H,4-6,17-19,22-24H2,1-3H3. The normalized spacial score (nSPS) is 25.0. The van der Waals surface area contributed by atoms with Crippen molar-refractivity contribution in [3.63, 3.8) is 0 Å². The van der Waals surface area contributed by atoms with Crippen LogP contribution in [-0.4, -0.2) is 25.8 Å². The van der Waals surface area contributed by atoms with Crippen molar-refractivity contribution in [3.8, 4) is 17.2 Å². The first-order chi connectivity index (χ1) is 20.0. The molecule has 41 heavy (non-hydrogen) atoms. The summed E-state index contributed by atoms with van der Waals surface area (Å²) in [6, 6.07) is 24.3. The molecular formula is C35H42O5S. The summed E-state index contributed by atoms with van der Waals surface area (Å²) in [5, 5.41) is 0. The minimum Gasteiger partial charge on any atom is -0.494 e. The fourth-order valence-electron chi connectivity index (χ4n) is 7.91. The number of rotatable bonds is 11. The SMILES string of the molecule is CCOc1cc(OCC)c(S(OC(=O)C23CC4CC(CC(C4)C2)C3)(c2ccccc2)c2ccccc2)c(OCC)c1. The number of hydrogen-bond donors (Lipinski definition) is 0. The second-order valence-electron chi connectivity index (χ2n) is 11.8. The minimum absolute atomic E-state index is 0.0573. The molecule has 0 amide bonds. The number of hydrogen-bond acceptors (Lipinski definition) is 5. The van der Waals surface area contributed by atoms with E-state index in [0.29, 0.717) is 54.8 Å². The molecule has 0 atom stereocenters. The Balaban J connectivity index is 1.60. The van der Waals surface area contributed by atoms with E-state index >= 15 is 0 Å². The van der Waals surface area contributed by atoms with Gasteiger partial charge in [-0.1, -0.05) is 36.4 Å². The average molecular weight is 575 g/mol. The van der Waals surface area contributed by atoms with Crippen LogP contribution in [0.2, 0.25) is 0 Å². The van der Waals surface area contributed by atoms with Crippen LogP contribution in [-0.2, 0) is 8.98 Å². The quantitative estimate of drug-likeness (QED) is 0.229. The largest absolute Gasteiger partial charge is 0.494 e. The molecule has 218 valence electrons. The highest BCUT2D eigenvalue weighted by atomic mass is 32.3. The molecule has 0 N–H and O–H groups in total. The summed E-state index contributed by atoms with van der Waals surface area (Å²) in [5.74, 6) is 3.77. The van der Waals surface area contributed by atoms with Crippen LogP contribution in [0.1, 0.15) is 59.3 Å². The van der Waals surface area contributed by atoms with E-state index in [2.05, 4.69) is 24.3 Å². The van der Waals surface area contributed by atoms with Crippen molar-refractivity contribution in [1.82, 2.24) is 0 Å². The van der Waals surface area contributed by atoms with Crippen molar-refractivity contribution in [3.05, 3.63) is 72.8 Å². The number of carbonyl (C=O) groups is 1. The maximum atomic E-state index is 14.8. The molecule has 4 bridgehead atoms. The molecule has 0 saturated heterocycles. The van der Waals surface area contributed by atoms with Crippen molar-refractivity contribution >= 4 is 16.3 Å². The second-order valence-corrected chi connectivity index (χ2v) is 14.4. The van der Waals surface area contributed by atoms with E-state index in [4.69, 9.17) is 18.4 Å². The topological polar surface area (TPSA) is 54.0 Å². The van der Waals surface area contributed by atoms with Gasteiger partial charge in [-0.25, -0.2) is 0 Å². The predicted octanol–water partition coefficient (Wildman–Crippen LogP) is 8.84. The molecule has 0 spiro atoms. The van der Waals surface area contributed by atoms with Crippen molar-refractivity contribution in [2.75, 3.05) is 19.8 Å². The summed E-state index contributed by atoms with van der Waals surface area (Å²) in [6.45, 7) is 7.34. The van der Waals surface area contributed by atoms with Gasteiger partial charge in [0, 0.05) is 32.2 Å². The molecule has 3 aromatic rings. The Morgan fingerprint density at radius 3 is 1.56 bits per heavy atom. The van der Waals surface area contributed by atoms with E-state index in [1.165, 1.54) is 19.3 Å². The molecule has 0 aromatic heterocycles. The van der Waals surface area contributed by atoms with Crippen LogP contribution in [0.4, 0.5) is 0 Å². The Morgan fingerprint density at radius 2 is 1.15 bits per heavy atom. The second kappa shape index (κ2) is 11.6. The van der Waals surface area contributed by atoms with E-state index < -0.39 is 15.7 Å². The highest BCUT2D eigenvalue weighted by molar-refractivity contribution is 8.30. The zero-order valence-electron chi connectivity index (χ0n) is 24.5. The average Bonchev–Trinajstić information content (AvgIpc) is 2.97. The molecule has 4 fully saturated rings. The molecule has 0 heterocycles. The van der Waals surface area contributed by atoms with E-state index in [1.54, 1.807) is 0 Å². The smallest absolute Gasteiger partial charge is 0.323 e. The van der Waals surface area contributed by atoms with Gasteiger partial charge in [0.15, 0.2) is 0 Å². The highest BCUT2D eigenvalue weighted by Crippen LogP contribution is 2.75. The fourth-order valence-corrected chi connectivity index (χ4v) is 11.2. The molecule has 5 nitrogen and oxygen atoms in total. The van der Waals surface area contributed by atoms with Gasteiger partial charge in [-0.05, 0) is 101 Å². The lowest BCUT2D eigenvalue weighted by Gasteiger charge is -2.56. The summed E-state index contributed by atoms with van der Waals surface area (Å²) in [4.78, 5) is 17.5. The van der Waals surface area contributed by atoms with E-state index in [-0.39, 0.29) is 5.97 Å². The van der Waals surface area contributed by atoms with Crippen molar-refractivity contribution < 1.29 is 23.2 Å². The molecule has 6 heteroatoms. The molecule has 3 aromatic carbocycles. The van der Waals surface area contributed by atoms with Gasteiger partial charge in [0.2, 0.25) is 0 Å². The zero-order chi connectivity index (χ0) is 28.5. The Bertz CT molecular complexity index is 1250. The van der Waals surface area contributed by atoms with Crippen LogP contribution < -0.4 is 14.2 Å². The third-order valence-corrected chi connectivity index (χ3v) is 12.3. The zero-order valence-corrected chi connectivity index (χ0v) is 25.3. The van der Waals surface area contributed by atoms with Crippen molar-refractivity contribution in [1.29, 1.82) is 0 Å². The maximum absolute atomic E-state index is 14.8. The number of benzene rings is 3. The van der Waals surface area contributed by atoms with E-state index in [1.807, 2.05) is 69.3 Å². The van der Waals surface area contributed by atoms with Gasteiger partial charge >= 0.3 is 5.97 Å². The third-order valence-electron chi connectivity index (χ3n) is 9.01. The van der Waals surface area contributed by atoms with Crippen LogP contribution in [0, 0.1) is 23.2 Å². The molecule has 0 unspecified atom stereocenters. The van der Waals surface area contributed by atoms with Gasteiger partial charge in [0.1, 0.15) is 22.1 Å². The fraction of sp³-hybridized carbons (Fsp3) is 0.457. The lowest BCUT2D eigenvalue weighted by atomic mass is 9.49. The summed E-state index contributed by atoms with van der Waals surface area (Å²) in [5.41, 5.74) is -0.417. The third kappa shape index (κ3) is 5.09. The van der Waals surface area contributed by atoms with Crippen LogP contribution in [0.25, 0.3) is 0 Å². The van der Waals surface area contributed by atoms with Crippen molar-refractivity contribution in [2.45, 2.75) is 74.0 Å². The van der Waals surface area contributed by atoms with Gasteiger partial charge in [-0.15, -0.1) is 0 Å². The monoisotopic (exact) mass is 574 g/mol. The molecule has 0 aliphatic heterocycles. The molecule has 7 rings (SSSR count). The maximum Gasteiger partial charge on any atom is 0.323 e. The number of carbonyl (C=O) groups excluding carboxylic acids is 1. The van der Waals surface area contributed by atoms with Gasteiger partial charge < -0.3 is 18.4 Å². The van der Waals surface area contributed by atoms with Gasteiger partial charge in [-0.3, -0.25) is 4.79 Å². The molecular weight excluding hydrogens is 532 g/mol. The Labute approximate surface area is 246 Å². The van der Waals surface area contributed by atoms with Crippen LogP contribution in [0.15, 0.2) is 87.5 Å². The van der Waals surface area contributed by atoms with E-state index in [9.17, 15) is 4.79 Å². The first-order valence-electron chi connectivity index (χ1n) is 15.2. The lowest BCUT2D eigenvalue weighted by Crippen LogP contribution is -2.50. The summed E-state index contributed by atoms with van der Waals surface area (Å²) in [6.07, 6.45) is 6.63. The minimum atomic E-state index is -2.62. The number of ether oxygens (including phenoxy) is 3. The predicted molar refractivity (Wildman–Crippen MR) is 162 cm³/mol. The van der Waals surface area contributed by atoms with Crippen LogP contribution >= 0.6 is 10.3 Å². The molecule has 4 aliphatic rings. The lowest BCUT2D eigenvalue weighted by molar-refractivity contribution is -0.160. The first-order valence-corrected chi connectivity index (χ1v) is 16.8. The van der Waals surface area contributed by atoms with E-state index in [0.717, 1.165) is 33.9 Å². The molecule has 4 saturated carbocycles. The molecule has 0 radical (unpaired) electrons. The molecule has 4 aliphatic carbocycles. The van der Waals surface area contributed by atoms with Gasteiger partial charge in [0.05, 0.1) is 25.2 Å². The Kier molecular flexibility index (Phi) is 7.95. The van der Waals surface area contributed by atoms with Gasteiger partial charge in [0.25, 0.3) is 0 Å². The van der Waals surface area contributed by atoms with Gasteiger partial charge in [-0.2, -0.15) is 0 Å². The Morgan fingerprint density at radius 1 is 0.707 bits per heavy atom. The summed E-state index contributed by atoms with van der Waals surface area (Å²) >= 11 is 0. The highest BCUT2D eigenvalue weighted by Gasteiger charge is 2.57. The van der Waals surface area contributed by atoms with Crippen molar-refractivity contribution in [2.24, 2.45) is 23.2 Å². The van der Waals surface area contributed by atoms with Crippen LogP contribution in [0.3, 0.4) is 0 Å².